The summed E-state index contributed by atoms with van der Waals surface area (Å²) in [5, 5.41) is 0. The predicted molar refractivity (Wildman–Crippen MR) is 56.0 cm³/mol. The van der Waals surface area contributed by atoms with Crippen LogP contribution in [-0.4, -0.2) is 36.7 Å². The lowest BCUT2D eigenvalue weighted by Gasteiger charge is -2.29. The number of ether oxygens (including phenoxy) is 1. The molecule has 0 aromatic carbocycles. The standard InChI is InChI=1S/C11H23NO/c1-5-11(13-9(2)3)10-7-6-8-12(10)4/h9-11H,5-8H2,1-4H3/t10?,11-/m0/s1. The zero-order valence-electron chi connectivity index (χ0n) is 9.42. The van der Waals surface area contributed by atoms with Crippen molar-refractivity contribution >= 4 is 0 Å². The summed E-state index contributed by atoms with van der Waals surface area (Å²) in [6.45, 7) is 7.71. The van der Waals surface area contributed by atoms with Gasteiger partial charge in [0.2, 0.25) is 0 Å². The molecule has 0 spiro atoms. The molecule has 0 radical (unpaired) electrons. The van der Waals surface area contributed by atoms with E-state index in [0.29, 0.717) is 18.2 Å². The smallest absolute Gasteiger partial charge is 0.0730 e. The lowest BCUT2D eigenvalue weighted by molar-refractivity contribution is -0.0327. The Hall–Kier alpha value is -0.0800. The Morgan fingerprint density at radius 1 is 1.46 bits per heavy atom. The van der Waals surface area contributed by atoms with Crippen molar-refractivity contribution in [1.29, 1.82) is 0 Å². The number of hydrogen-bond donors (Lipinski definition) is 0. The molecule has 0 aromatic heterocycles. The molecule has 0 amide bonds. The van der Waals surface area contributed by atoms with Crippen molar-refractivity contribution in [2.45, 2.75) is 58.3 Å². The van der Waals surface area contributed by atoms with Crippen LogP contribution < -0.4 is 0 Å². The number of hydrogen-bond acceptors (Lipinski definition) is 2. The predicted octanol–water partition coefficient (Wildman–Crippen LogP) is 2.28. The summed E-state index contributed by atoms with van der Waals surface area (Å²) in [5.41, 5.74) is 0. The Balaban J connectivity index is 2.45. The van der Waals surface area contributed by atoms with Crippen LogP contribution in [0.5, 0.6) is 0 Å². The minimum atomic E-state index is 0.360. The molecule has 2 heteroatoms. The molecule has 0 aromatic rings. The van der Waals surface area contributed by atoms with Gasteiger partial charge in [-0.15, -0.1) is 0 Å². The summed E-state index contributed by atoms with van der Waals surface area (Å²) in [5.74, 6) is 0. The average Bonchev–Trinajstić information content (AvgIpc) is 2.47. The van der Waals surface area contributed by atoms with Crippen molar-refractivity contribution < 1.29 is 4.74 Å². The van der Waals surface area contributed by atoms with Crippen molar-refractivity contribution in [3.8, 4) is 0 Å². The molecule has 1 heterocycles. The largest absolute Gasteiger partial charge is 0.374 e. The Morgan fingerprint density at radius 3 is 2.54 bits per heavy atom. The van der Waals surface area contributed by atoms with E-state index >= 15 is 0 Å². The van der Waals surface area contributed by atoms with E-state index in [2.05, 4.69) is 32.7 Å². The first-order chi connectivity index (χ1) is 6.15. The van der Waals surface area contributed by atoms with Crippen LogP contribution in [0.3, 0.4) is 0 Å². The van der Waals surface area contributed by atoms with Gasteiger partial charge in [-0.25, -0.2) is 0 Å². The first-order valence-corrected chi connectivity index (χ1v) is 5.50. The summed E-state index contributed by atoms with van der Waals surface area (Å²) in [6.07, 6.45) is 4.57. The van der Waals surface area contributed by atoms with Crippen molar-refractivity contribution in [1.82, 2.24) is 4.90 Å². The van der Waals surface area contributed by atoms with Crippen LogP contribution in [0.4, 0.5) is 0 Å². The van der Waals surface area contributed by atoms with Gasteiger partial charge >= 0.3 is 0 Å². The van der Waals surface area contributed by atoms with Gasteiger partial charge in [0.25, 0.3) is 0 Å². The molecule has 0 N–H and O–H groups in total. The zero-order chi connectivity index (χ0) is 9.84. The van der Waals surface area contributed by atoms with Crippen molar-refractivity contribution in [2.24, 2.45) is 0 Å². The summed E-state index contributed by atoms with van der Waals surface area (Å²) in [6, 6.07) is 0.660. The average molecular weight is 185 g/mol. The lowest BCUT2D eigenvalue weighted by atomic mass is 10.1. The van der Waals surface area contributed by atoms with Crippen LogP contribution in [0.25, 0.3) is 0 Å². The van der Waals surface area contributed by atoms with Crippen LogP contribution in [-0.2, 0) is 4.74 Å². The Bertz CT molecular complexity index is 147. The molecule has 78 valence electrons. The van der Waals surface area contributed by atoms with Gasteiger partial charge in [0.05, 0.1) is 12.2 Å². The fraction of sp³-hybridized carbons (Fsp3) is 1.00. The van der Waals surface area contributed by atoms with E-state index in [0.717, 1.165) is 6.42 Å². The van der Waals surface area contributed by atoms with Crippen LogP contribution in [0.15, 0.2) is 0 Å². The van der Waals surface area contributed by atoms with E-state index in [4.69, 9.17) is 4.74 Å². The van der Waals surface area contributed by atoms with Crippen molar-refractivity contribution in [3.63, 3.8) is 0 Å². The third-order valence-corrected chi connectivity index (χ3v) is 2.86. The highest BCUT2D eigenvalue weighted by Gasteiger charge is 2.29. The highest BCUT2D eigenvalue weighted by atomic mass is 16.5. The summed E-state index contributed by atoms with van der Waals surface area (Å²) in [4.78, 5) is 2.44. The molecule has 1 fully saturated rings. The molecular weight excluding hydrogens is 162 g/mol. The summed E-state index contributed by atoms with van der Waals surface area (Å²) < 4.78 is 5.91. The fourth-order valence-electron chi connectivity index (χ4n) is 2.21. The molecule has 1 unspecified atom stereocenters. The van der Waals surface area contributed by atoms with Crippen LogP contribution in [0.1, 0.15) is 40.0 Å². The first-order valence-electron chi connectivity index (χ1n) is 5.50. The minimum absolute atomic E-state index is 0.360. The van der Waals surface area contributed by atoms with E-state index < -0.39 is 0 Å². The molecule has 1 rings (SSSR count). The topological polar surface area (TPSA) is 12.5 Å². The van der Waals surface area contributed by atoms with Gasteiger partial charge in [0.15, 0.2) is 0 Å². The second kappa shape index (κ2) is 4.97. The summed E-state index contributed by atoms with van der Waals surface area (Å²) in [7, 11) is 2.21. The molecule has 1 aliphatic rings. The third kappa shape index (κ3) is 2.96. The fourth-order valence-corrected chi connectivity index (χ4v) is 2.21. The molecule has 0 bridgehead atoms. The number of likely N-dealkylation sites (N-methyl/N-ethyl adjacent to an activating group) is 1. The van der Waals surface area contributed by atoms with Gasteiger partial charge in [0, 0.05) is 6.04 Å². The number of likely N-dealkylation sites (tertiary alicyclic amines) is 1. The number of rotatable bonds is 4. The Kier molecular flexibility index (Phi) is 4.20. The number of nitrogens with zero attached hydrogens (tertiary/aromatic N) is 1. The van der Waals surface area contributed by atoms with E-state index in [-0.39, 0.29) is 0 Å². The molecule has 2 atom stereocenters. The molecule has 0 aliphatic carbocycles. The maximum atomic E-state index is 5.91. The van der Waals surface area contributed by atoms with Crippen LogP contribution in [0.2, 0.25) is 0 Å². The van der Waals surface area contributed by atoms with Gasteiger partial charge in [-0.3, -0.25) is 0 Å². The second-order valence-corrected chi connectivity index (χ2v) is 4.32. The van der Waals surface area contributed by atoms with Crippen molar-refractivity contribution in [3.05, 3.63) is 0 Å². The lowest BCUT2D eigenvalue weighted by Crippen LogP contribution is -2.39. The molecule has 0 saturated carbocycles. The second-order valence-electron chi connectivity index (χ2n) is 4.32. The maximum Gasteiger partial charge on any atom is 0.0730 e. The van der Waals surface area contributed by atoms with E-state index in [1.807, 2.05) is 0 Å². The van der Waals surface area contributed by atoms with Gasteiger partial charge in [-0.1, -0.05) is 6.92 Å². The van der Waals surface area contributed by atoms with Crippen LogP contribution >= 0.6 is 0 Å². The highest BCUT2D eigenvalue weighted by Crippen LogP contribution is 2.22. The van der Waals surface area contributed by atoms with Gasteiger partial charge in [0.1, 0.15) is 0 Å². The quantitative estimate of drug-likeness (QED) is 0.666. The summed E-state index contributed by atoms with van der Waals surface area (Å²) >= 11 is 0. The molecule has 1 saturated heterocycles. The van der Waals surface area contributed by atoms with E-state index in [1.54, 1.807) is 0 Å². The van der Waals surface area contributed by atoms with Gasteiger partial charge in [-0.05, 0) is 46.7 Å². The monoisotopic (exact) mass is 185 g/mol. The molecular formula is C11H23NO. The van der Waals surface area contributed by atoms with Gasteiger partial charge in [-0.2, -0.15) is 0 Å². The minimum Gasteiger partial charge on any atom is -0.374 e. The Labute approximate surface area is 82.3 Å². The highest BCUT2D eigenvalue weighted by molar-refractivity contribution is 4.83. The first kappa shape index (κ1) is 11.0. The normalized spacial score (nSPS) is 27.0. The maximum absolute atomic E-state index is 5.91. The third-order valence-electron chi connectivity index (χ3n) is 2.86. The van der Waals surface area contributed by atoms with Crippen LogP contribution in [0, 0.1) is 0 Å². The Morgan fingerprint density at radius 2 is 2.15 bits per heavy atom. The van der Waals surface area contributed by atoms with E-state index in [1.165, 1.54) is 19.4 Å². The van der Waals surface area contributed by atoms with E-state index in [9.17, 15) is 0 Å². The van der Waals surface area contributed by atoms with Gasteiger partial charge < -0.3 is 9.64 Å². The zero-order valence-corrected chi connectivity index (χ0v) is 9.42. The molecule has 2 nitrogen and oxygen atoms in total. The SMILES string of the molecule is CC[C@H](OC(C)C)C1CCCN1C. The van der Waals surface area contributed by atoms with Crippen molar-refractivity contribution in [2.75, 3.05) is 13.6 Å². The molecule has 13 heavy (non-hydrogen) atoms. The molecule has 1 aliphatic heterocycles.